The monoisotopic (exact) mass is 285 g/mol. The lowest BCUT2D eigenvalue weighted by molar-refractivity contribution is 0.130. The molecule has 0 radical (unpaired) electrons. The van der Waals surface area contributed by atoms with E-state index in [1.165, 1.54) is 6.08 Å². The number of nitrogens with zero attached hydrogens (tertiary/aromatic N) is 1. The largest absolute Gasteiger partial charge is 0.369 e. The van der Waals surface area contributed by atoms with Gasteiger partial charge in [0.1, 0.15) is 0 Å². The topological polar surface area (TPSA) is 148 Å². The quantitative estimate of drug-likeness (QED) is 0.354. The van der Waals surface area contributed by atoms with Crippen molar-refractivity contribution in [2.75, 3.05) is 6.54 Å². The zero-order valence-corrected chi connectivity index (χ0v) is 10.5. The summed E-state index contributed by atoms with van der Waals surface area (Å²) < 4.78 is 22.1. The predicted molar refractivity (Wildman–Crippen MR) is 59.7 cm³/mol. The molecule has 0 amide bonds. The molecule has 0 aromatic carbocycles. The van der Waals surface area contributed by atoms with Gasteiger partial charge in [0.25, 0.3) is 5.08 Å². The van der Waals surface area contributed by atoms with E-state index in [4.69, 9.17) is 19.6 Å². The third-order valence-corrected chi connectivity index (χ3v) is 6.08. The number of rotatable bonds is 4. The van der Waals surface area contributed by atoms with E-state index in [0.29, 0.717) is 6.42 Å². The third kappa shape index (κ3) is 3.11. The average Bonchev–Trinajstić information content (AvgIpc) is 2.15. The molecule has 1 rings (SSSR count). The second-order valence-electron chi connectivity index (χ2n) is 3.66. The van der Waals surface area contributed by atoms with Crippen LogP contribution in [0, 0.1) is 0 Å². The van der Waals surface area contributed by atoms with Crippen molar-refractivity contribution in [1.29, 1.82) is 0 Å². The molecule has 0 spiro atoms. The molecule has 0 aliphatic carbocycles. The molecule has 0 saturated heterocycles. The molecule has 0 bridgehead atoms. The number of hydrogen-bond donors (Lipinski definition) is 5. The summed E-state index contributed by atoms with van der Waals surface area (Å²) >= 11 is 0. The van der Waals surface area contributed by atoms with Gasteiger partial charge in [-0.1, -0.05) is 6.08 Å². The van der Waals surface area contributed by atoms with Crippen LogP contribution >= 0.6 is 15.2 Å². The normalized spacial score (nSPS) is 18.1. The molecule has 0 unspecified atom stereocenters. The van der Waals surface area contributed by atoms with Crippen molar-refractivity contribution in [2.45, 2.75) is 17.9 Å². The Morgan fingerprint density at radius 3 is 2.12 bits per heavy atom. The number of allylic oxidation sites excluding steroid dienone is 1. The van der Waals surface area contributed by atoms with Crippen molar-refractivity contribution < 1.29 is 33.8 Å². The lowest BCUT2D eigenvalue weighted by atomic mass is 10.1. The van der Waals surface area contributed by atoms with E-state index >= 15 is 0 Å². The summed E-state index contributed by atoms with van der Waals surface area (Å²) in [5, 5.41) is 6.24. The van der Waals surface area contributed by atoms with E-state index < -0.39 is 26.7 Å². The van der Waals surface area contributed by atoms with Crippen molar-refractivity contribution >= 4 is 21.4 Å². The van der Waals surface area contributed by atoms with Crippen LogP contribution in [0.1, 0.15) is 12.8 Å². The van der Waals surface area contributed by atoms with Gasteiger partial charge in [-0.2, -0.15) is 0 Å². The molecule has 1 aliphatic heterocycles. The van der Waals surface area contributed by atoms with E-state index in [1.54, 1.807) is 6.21 Å². The van der Waals surface area contributed by atoms with Crippen LogP contribution in [0.2, 0.25) is 0 Å². The maximum atomic E-state index is 11.1. The fourth-order valence-corrected chi connectivity index (χ4v) is 3.52. The van der Waals surface area contributed by atoms with Gasteiger partial charge in [0.2, 0.25) is 0 Å². The molecule has 1 aliphatic rings. The van der Waals surface area contributed by atoms with Crippen LogP contribution in [0.3, 0.4) is 0 Å². The summed E-state index contributed by atoms with van der Waals surface area (Å²) in [4.78, 5) is 39.4. The van der Waals surface area contributed by atoms with Gasteiger partial charge in [0.15, 0.2) is 0 Å². The van der Waals surface area contributed by atoms with Crippen LogP contribution < -0.4 is 0 Å². The Morgan fingerprint density at radius 2 is 1.76 bits per heavy atom. The molecule has 17 heavy (non-hydrogen) atoms. The highest BCUT2D eigenvalue weighted by atomic mass is 31.2. The Bertz CT molecular complexity index is 423. The summed E-state index contributed by atoms with van der Waals surface area (Å²) in [5.41, 5.74) is 0.279. The molecule has 0 fully saturated rings. The van der Waals surface area contributed by atoms with Gasteiger partial charge in [-0.15, -0.1) is 0 Å². The van der Waals surface area contributed by atoms with Crippen molar-refractivity contribution in [3.8, 4) is 0 Å². The zero-order chi connectivity index (χ0) is 13.3. The first kappa shape index (κ1) is 14.7. The minimum atomic E-state index is -5.38. The van der Waals surface area contributed by atoms with Crippen LogP contribution in [-0.2, 0) is 9.13 Å². The molecule has 98 valence electrons. The fraction of sp³-hybridized carbons (Fsp3) is 0.571. The molecule has 5 N–H and O–H groups in total. The van der Waals surface area contributed by atoms with Crippen molar-refractivity contribution in [3.63, 3.8) is 0 Å². The minimum Gasteiger partial charge on any atom is -0.367 e. The van der Waals surface area contributed by atoms with Crippen LogP contribution in [0.15, 0.2) is 16.6 Å². The molecule has 8 nitrogen and oxygen atoms in total. The first-order valence-corrected chi connectivity index (χ1v) is 7.80. The summed E-state index contributed by atoms with van der Waals surface area (Å²) in [6.45, 7) is 0.0578. The lowest BCUT2D eigenvalue weighted by Gasteiger charge is -2.30. The maximum Gasteiger partial charge on any atom is 0.369 e. The van der Waals surface area contributed by atoms with Gasteiger partial charge in [0.05, 0.1) is 6.54 Å². The Hall–Kier alpha value is -0.330. The van der Waals surface area contributed by atoms with Crippen LogP contribution in [0.25, 0.3) is 0 Å². The summed E-state index contributed by atoms with van der Waals surface area (Å²) in [5.74, 6) is 0. The summed E-state index contributed by atoms with van der Waals surface area (Å²) in [6.07, 6.45) is 2.66. The summed E-state index contributed by atoms with van der Waals surface area (Å²) in [7, 11) is -10.8. The van der Waals surface area contributed by atoms with Gasteiger partial charge in [-0.3, -0.25) is 14.1 Å². The van der Waals surface area contributed by atoms with E-state index in [2.05, 4.69) is 4.99 Å². The van der Waals surface area contributed by atoms with Gasteiger partial charge >= 0.3 is 15.2 Å². The second kappa shape index (κ2) is 4.74. The highest BCUT2D eigenvalue weighted by Gasteiger charge is 2.59. The standard InChI is InChI=1S/C7H13NO7P2/c9-7(16(10,11)12,17(13,14)15)4-6-2-1-3-8-5-6/h2-3,9H,1,4-5H2,(H2,10,11,12)(H2,13,14,15). The Labute approximate surface area is 97.0 Å². The fourth-order valence-electron chi connectivity index (χ4n) is 1.35. The molecule has 0 saturated carbocycles. The molecule has 1 heterocycles. The number of hydrogen-bond acceptors (Lipinski definition) is 4. The highest BCUT2D eigenvalue weighted by molar-refractivity contribution is 7.72. The van der Waals surface area contributed by atoms with Crippen molar-refractivity contribution in [1.82, 2.24) is 0 Å². The van der Waals surface area contributed by atoms with Gasteiger partial charge in [-0.25, -0.2) is 0 Å². The first-order valence-electron chi connectivity index (χ1n) is 4.58. The molecule has 0 aromatic heterocycles. The third-order valence-electron chi connectivity index (χ3n) is 2.33. The maximum absolute atomic E-state index is 11.1. The van der Waals surface area contributed by atoms with Gasteiger partial charge in [0, 0.05) is 19.1 Å². The SMILES string of the molecule is O=P(O)(O)C(O)(CC1=CCC=NC1)P(=O)(O)O. The van der Waals surface area contributed by atoms with Crippen LogP contribution in [-0.4, -0.2) is 42.5 Å². The van der Waals surface area contributed by atoms with E-state index in [1.807, 2.05) is 0 Å². The molecular weight excluding hydrogens is 272 g/mol. The Morgan fingerprint density at radius 1 is 1.24 bits per heavy atom. The minimum absolute atomic E-state index is 0.0578. The van der Waals surface area contributed by atoms with Crippen molar-refractivity contribution in [3.05, 3.63) is 11.6 Å². The summed E-state index contributed by atoms with van der Waals surface area (Å²) in [6, 6.07) is 0. The Balaban J connectivity index is 3.06. The number of aliphatic hydroxyl groups is 1. The van der Waals surface area contributed by atoms with E-state index in [-0.39, 0.29) is 12.1 Å². The average molecular weight is 285 g/mol. The van der Waals surface area contributed by atoms with Crippen LogP contribution in [0.5, 0.6) is 0 Å². The number of aliphatic imine (C=N–C) groups is 1. The van der Waals surface area contributed by atoms with Gasteiger partial charge < -0.3 is 24.7 Å². The molecule has 10 heteroatoms. The predicted octanol–water partition coefficient (Wildman–Crippen LogP) is -0.221. The van der Waals surface area contributed by atoms with Crippen molar-refractivity contribution in [2.24, 2.45) is 4.99 Å². The molecule has 0 aromatic rings. The van der Waals surface area contributed by atoms with Gasteiger partial charge in [-0.05, 0) is 5.57 Å². The van der Waals surface area contributed by atoms with E-state index in [9.17, 15) is 14.2 Å². The number of dihydropyridines is 1. The lowest BCUT2D eigenvalue weighted by Crippen LogP contribution is -2.30. The Kier molecular flexibility index (Phi) is 4.11. The van der Waals surface area contributed by atoms with Crippen LogP contribution in [0.4, 0.5) is 0 Å². The first-order chi connectivity index (χ1) is 7.58. The second-order valence-corrected chi connectivity index (χ2v) is 7.67. The molecular formula is C7H13NO7P2. The smallest absolute Gasteiger partial charge is 0.367 e. The highest BCUT2D eigenvalue weighted by Crippen LogP contribution is 2.69. The molecule has 0 atom stereocenters. The zero-order valence-electron chi connectivity index (χ0n) is 8.67. The van der Waals surface area contributed by atoms with E-state index in [0.717, 1.165) is 0 Å².